The second-order valence-electron chi connectivity index (χ2n) is 7.55. The van der Waals surface area contributed by atoms with Crippen molar-refractivity contribution in [3.8, 4) is 11.3 Å². The van der Waals surface area contributed by atoms with Crippen LogP contribution in [0.3, 0.4) is 0 Å². The third kappa shape index (κ3) is 4.45. The van der Waals surface area contributed by atoms with Gasteiger partial charge in [-0.25, -0.2) is 5.01 Å². The van der Waals surface area contributed by atoms with E-state index in [0.717, 1.165) is 69.2 Å². The van der Waals surface area contributed by atoms with Crippen LogP contribution >= 0.6 is 0 Å². The van der Waals surface area contributed by atoms with E-state index in [4.69, 9.17) is 0 Å². The molecule has 1 amide bonds. The van der Waals surface area contributed by atoms with Crippen LogP contribution in [0.25, 0.3) is 11.3 Å². The highest BCUT2D eigenvalue weighted by Crippen LogP contribution is 2.23. The van der Waals surface area contributed by atoms with Gasteiger partial charge in [0.15, 0.2) is 5.82 Å². The summed E-state index contributed by atoms with van der Waals surface area (Å²) in [5, 5.41) is 10.8. The van der Waals surface area contributed by atoms with Gasteiger partial charge < -0.3 is 9.80 Å². The lowest BCUT2D eigenvalue weighted by molar-refractivity contribution is -0.131. The van der Waals surface area contributed by atoms with E-state index in [2.05, 4.69) is 42.5 Å². The van der Waals surface area contributed by atoms with E-state index < -0.39 is 0 Å². The number of hydrogen-bond acceptors (Lipinski definition) is 7. The average Bonchev–Trinajstić information content (AvgIpc) is 2.76. The Morgan fingerprint density at radius 2 is 1.82 bits per heavy atom. The van der Waals surface area contributed by atoms with Gasteiger partial charge in [0.2, 0.25) is 5.91 Å². The third-order valence-corrected chi connectivity index (χ3v) is 5.57. The average molecular weight is 381 g/mol. The van der Waals surface area contributed by atoms with Crippen LogP contribution in [-0.4, -0.2) is 77.3 Å². The van der Waals surface area contributed by atoms with Crippen LogP contribution in [0.1, 0.15) is 12.8 Å². The normalized spacial score (nSPS) is 19.5. The summed E-state index contributed by atoms with van der Waals surface area (Å²) in [5.41, 5.74) is 4.88. The molecule has 2 aliphatic heterocycles. The number of hydrogen-bond donors (Lipinski definition) is 1. The van der Waals surface area contributed by atoms with Crippen molar-refractivity contribution >= 4 is 11.7 Å². The van der Waals surface area contributed by atoms with Gasteiger partial charge in [-0.3, -0.25) is 15.2 Å². The molecule has 4 heterocycles. The molecule has 2 aromatic heterocycles. The van der Waals surface area contributed by atoms with E-state index in [1.165, 1.54) is 0 Å². The minimum absolute atomic E-state index is 0.0681. The van der Waals surface area contributed by atoms with Gasteiger partial charge in [-0.05, 0) is 44.2 Å². The van der Waals surface area contributed by atoms with Crippen molar-refractivity contribution in [3.63, 3.8) is 0 Å². The van der Waals surface area contributed by atoms with Crippen LogP contribution in [0, 0.1) is 5.92 Å². The first-order chi connectivity index (χ1) is 13.7. The fourth-order valence-corrected chi connectivity index (χ4v) is 3.70. The zero-order valence-corrected chi connectivity index (χ0v) is 16.3. The maximum Gasteiger partial charge on any atom is 0.237 e. The number of carbonyl (C=O) groups excluding carboxylic acids is 1. The first-order valence-corrected chi connectivity index (χ1v) is 9.92. The van der Waals surface area contributed by atoms with Gasteiger partial charge in [0.1, 0.15) is 0 Å². The van der Waals surface area contributed by atoms with Crippen molar-refractivity contribution in [1.82, 2.24) is 30.5 Å². The molecule has 0 bridgehead atoms. The molecule has 0 aromatic carbocycles. The summed E-state index contributed by atoms with van der Waals surface area (Å²) >= 11 is 0. The molecule has 0 saturated carbocycles. The zero-order chi connectivity index (χ0) is 19.3. The molecule has 0 radical (unpaired) electrons. The topological polar surface area (TPSA) is 77.5 Å². The Bertz CT molecular complexity index is 767. The minimum atomic E-state index is 0.0681. The van der Waals surface area contributed by atoms with E-state index in [1.54, 1.807) is 12.4 Å². The molecule has 0 unspecified atom stereocenters. The summed E-state index contributed by atoms with van der Waals surface area (Å²) in [6, 6.07) is 7.84. The maximum absolute atomic E-state index is 12.6. The first-order valence-electron chi connectivity index (χ1n) is 9.92. The molecule has 148 valence electrons. The second kappa shape index (κ2) is 8.62. The number of piperazine rings is 1. The Hall–Kier alpha value is -2.58. The summed E-state index contributed by atoms with van der Waals surface area (Å²) < 4.78 is 0. The summed E-state index contributed by atoms with van der Waals surface area (Å²) in [7, 11) is 2.11. The Morgan fingerprint density at radius 3 is 2.46 bits per heavy atom. The molecule has 0 aliphatic carbocycles. The number of aromatic nitrogens is 3. The largest absolute Gasteiger partial charge is 0.355 e. The van der Waals surface area contributed by atoms with Crippen LogP contribution < -0.4 is 10.3 Å². The molecule has 8 nitrogen and oxygen atoms in total. The summed E-state index contributed by atoms with van der Waals surface area (Å²) in [6.07, 6.45) is 5.21. The number of amides is 1. The third-order valence-electron chi connectivity index (χ3n) is 5.57. The van der Waals surface area contributed by atoms with E-state index in [0.29, 0.717) is 0 Å². The van der Waals surface area contributed by atoms with Gasteiger partial charge in [-0.1, -0.05) is 0 Å². The standard InChI is InChI=1S/C20H27N7O/c1-25-11-13-27(14-12-25)24-20(28)16-6-9-26(10-7-16)19-5-4-18(22-23-19)17-3-2-8-21-15-17/h2-5,8,15-16H,6-7,9-14H2,1H3,(H,24,28). The fourth-order valence-electron chi connectivity index (χ4n) is 3.70. The molecule has 0 spiro atoms. The molecule has 0 atom stereocenters. The molecule has 28 heavy (non-hydrogen) atoms. The number of pyridine rings is 1. The quantitative estimate of drug-likeness (QED) is 0.848. The molecule has 2 aromatic rings. The molecule has 2 fully saturated rings. The number of nitrogens with zero attached hydrogens (tertiary/aromatic N) is 6. The molecule has 1 N–H and O–H groups in total. The van der Waals surface area contributed by atoms with Gasteiger partial charge in [0.05, 0.1) is 5.69 Å². The van der Waals surface area contributed by atoms with Crippen LogP contribution in [-0.2, 0) is 4.79 Å². The predicted molar refractivity (Wildman–Crippen MR) is 107 cm³/mol. The smallest absolute Gasteiger partial charge is 0.237 e. The number of likely N-dealkylation sites (N-methyl/N-ethyl adjacent to an activating group) is 1. The van der Waals surface area contributed by atoms with Crippen LogP contribution in [0.15, 0.2) is 36.7 Å². The predicted octanol–water partition coefficient (Wildman–Crippen LogP) is 1.03. The zero-order valence-electron chi connectivity index (χ0n) is 16.3. The van der Waals surface area contributed by atoms with Crippen LogP contribution in [0.5, 0.6) is 0 Å². The van der Waals surface area contributed by atoms with Crippen molar-refractivity contribution in [1.29, 1.82) is 0 Å². The number of rotatable bonds is 4. The number of anilines is 1. The lowest BCUT2D eigenvalue weighted by atomic mass is 9.96. The van der Waals surface area contributed by atoms with E-state index >= 15 is 0 Å². The molecule has 2 saturated heterocycles. The van der Waals surface area contributed by atoms with Gasteiger partial charge in [-0.2, -0.15) is 0 Å². The number of hydrazine groups is 1. The minimum Gasteiger partial charge on any atom is -0.355 e. The molecule has 8 heteroatoms. The summed E-state index contributed by atoms with van der Waals surface area (Å²) in [5.74, 6) is 1.09. The van der Waals surface area contributed by atoms with Crippen molar-refractivity contribution in [2.75, 3.05) is 51.2 Å². The SMILES string of the molecule is CN1CCN(NC(=O)C2CCN(c3ccc(-c4cccnc4)nn3)CC2)CC1. The lowest BCUT2D eigenvalue weighted by Gasteiger charge is -2.35. The van der Waals surface area contributed by atoms with Crippen molar-refractivity contribution in [3.05, 3.63) is 36.7 Å². The Morgan fingerprint density at radius 1 is 1.04 bits per heavy atom. The number of nitrogens with one attached hydrogen (secondary N) is 1. The van der Waals surface area contributed by atoms with Crippen LogP contribution in [0.2, 0.25) is 0 Å². The molecule has 4 rings (SSSR count). The monoisotopic (exact) mass is 381 g/mol. The Labute approximate surface area is 165 Å². The molecular formula is C20H27N7O. The second-order valence-corrected chi connectivity index (χ2v) is 7.55. The van der Waals surface area contributed by atoms with E-state index in [1.807, 2.05) is 24.3 Å². The maximum atomic E-state index is 12.6. The summed E-state index contributed by atoms with van der Waals surface area (Å²) in [6.45, 7) is 5.41. The molecule has 2 aliphatic rings. The Balaban J connectivity index is 1.28. The van der Waals surface area contributed by atoms with Gasteiger partial charge in [0.25, 0.3) is 0 Å². The lowest BCUT2D eigenvalue weighted by Crippen LogP contribution is -2.54. The van der Waals surface area contributed by atoms with Gasteiger partial charge in [-0.15, -0.1) is 10.2 Å². The first kappa shape index (κ1) is 18.8. The highest BCUT2D eigenvalue weighted by Gasteiger charge is 2.27. The van der Waals surface area contributed by atoms with Crippen molar-refractivity contribution in [2.45, 2.75) is 12.8 Å². The van der Waals surface area contributed by atoms with Crippen LogP contribution in [0.4, 0.5) is 5.82 Å². The highest BCUT2D eigenvalue weighted by atomic mass is 16.2. The summed E-state index contributed by atoms with van der Waals surface area (Å²) in [4.78, 5) is 21.2. The van der Waals surface area contributed by atoms with Gasteiger partial charge in [0, 0.05) is 63.1 Å². The fraction of sp³-hybridized carbons (Fsp3) is 0.500. The number of piperidine rings is 1. The molecular weight excluding hydrogens is 354 g/mol. The van der Waals surface area contributed by atoms with Crippen molar-refractivity contribution in [2.24, 2.45) is 5.92 Å². The van der Waals surface area contributed by atoms with E-state index in [9.17, 15) is 4.79 Å². The van der Waals surface area contributed by atoms with E-state index in [-0.39, 0.29) is 11.8 Å². The number of carbonyl (C=O) groups is 1. The highest BCUT2D eigenvalue weighted by molar-refractivity contribution is 5.78. The van der Waals surface area contributed by atoms with Gasteiger partial charge >= 0.3 is 0 Å². The van der Waals surface area contributed by atoms with Crippen molar-refractivity contribution < 1.29 is 4.79 Å². The Kier molecular flexibility index (Phi) is 5.78.